The van der Waals surface area contributed by atoms with E-state index in [1.54, 1.807) is 11.3 Å². The Hall–Kier alpha value is -2.26. The number of hydrogen-bond acceptors (Lipinski definition) is 3. The predicted octanol–water partition coefficient (Wildman–Crippen LogP) is 6.46. The molecule has 124 valence electrons. The van der Waals surface area contributed by atoms with Crippen LogP contribution in [-0.4, -0.2) is 6.61 Å². The molecule has 0 spiro atoms. The lowest BCUT2D eigenvalue weighted by molar-refractivity contribution is 0.221. The van der Waals surface area contributed by atoms with Crippen LogP contribution in [-0.2, 0) is 4.74 Å². The molecule has 0 radical (unpaired) electrons. The van der Waals surface area contributed by atoms with Gasteiger partial charge in [0, 0.05) is 22.5 Å². The Morgan fingerprint density at radius 1 is 1.33 bits per heavy atom. The second-order valence-electron chi connectivity index (χ2n) is 5.99. The molecule has 1 aliphatic rings. The van der Waals surface area contributed by atoms with Crippen LogP contribution >= 0.6 is 11.3 Å². The van der Waals surface area contributed by atoms with Crippen molar-refractivity contribution in [2.24, 2.45) is 0 Å². The monoisotopic (exact) mass is 337 g/mol. The summed E-state index contributed by atoms with van der Waals surface area (Å²) in [6, 6.07) is 6.44. The van der Waals surface area contributed by atoms with Crippen molar-refractivity contribution in [2.75, 3.05) is 11.9 Å². The molecule has 0 atom stereocenters. The summed E-state index contributed by atoms with van der Waals surface area (Å²) in [5.41, 5.74) is 6.99. The van der Waals surface area contributed by atoms with E-state index < -0.39 is 0 Å². The first-order valence-electron chi connectivity index (χ1n) is 8.29. The molecule has 24 heavy (non-hydrogen) atoms. The van der Waals surface area contributed by atoms with Crippen LogP contribution in [0.2, 0.25) is 0 Å². The van der Waals surface area contributed by atoms with E-state index in [1.807, 2.05) is 6.08 Å². The Morgan fingerprint density at radius 2 is 2.17 bits per heavy atom. The third-order valence-corrected chi connectivity index (χ3v) is 5.15. The summed E-state index contributed by atoms with van der Waals surface area (Å²) in [7, 11) is 0. The van der Waals surface area contributed by atoms with Crippen LogP contribution < -0.4 is 5.32 Å². The fraction of sp³-hybridized carbons (Fsp3) is 0.238. The molecule has 2 aromatic rings. The van der Waals surface area contributed by atoms with Crippen LogP contribution in [0.15, 0.2) is 48.6 Å². The number of thiophene rings is 1. The molecular formula is C21H23NOS. The van der Waals surface area contributed by atoms with Gasteiger partial charge in [-0.25, -0.2) is 0 Å². The zero-order valence-electron chi connectivity index (χ0n) is 14.3. The van der Waals surface area contributed by atoms with Crippen LogP contribution in [0.1, 0.15) is 35.8 Å². The smallest absolute Gasteiger partial charge is 0.112 e. The summed E-state index contributed by atoms with van der Waals surface area (Å²) in [6.45, 7) is 13.1. The third kappa shape index (κ3) is 3.17. The summed E-state index contributed by atoms with van der Waals surface area (Å²) >= 11 is 1.72. The molecule has 2 heterocycles. The Labute approximate surface area is 148 Å². The van der Waals surface area contributed by atoms with E-state index >= 15 is 0 Å². The van der Waals surface area contributed by atoms with E-state index in [2.05, 4.69) is 62.0 Å². The summed E-state index contributed by atoms with van der Waals surface area (Å²) in [5.74, 6) is 0.708. The summed E-state index contributed by atoms with van der Waals surface area (Å²) in [4.78, 5) is 1.21. The summed E-state index contributed by atoms with van der Waals surface area (Å²) < 4.78 is 5.65. The van der Waals surface area contributed by atoms with Gasteiger partial charge in [0.05, 0.1) is 11.5 Å². The molecule has 1 aromatic heterocycles. The number of allylic oxidation sites excluding steroid dienone is 1. The Morgan fingerprint density at radius 3 is 2.96 bits per heavy atom. The average Bonchev–Trinajstić information content (AvgIpc) is 3.05. The number of benzene rings is 1. The maximum atomic E-state index is 5.65. The van der Waals surface area contributed by atoms with E-state index in [9.17, 15) is 0 Å². The standard InChI is InChI=1S/C21H23NOS/c1-5-6-12-23-15(3)8-9-17-14(2)7-10-19-20(17)18-11-13-24-21(18)16(4)22-19/h7-11,13,22H,3-6,12H2,1-2H3/b9-8+. The second kappa shape index (κ2) is 7.10. The van der Waals surface area contributed by atoms with Crippen molar-refractivity contribution in [2.45, 2.75) is 26.7 Å². The highest BCUT2D eigenvalue weighted by atomic mass is 32.1. The maximum Gasteiger partial charge on any atom is 0.112 e. The first-order valence-corrected chi connectivity index (χ1v) is 9.17. The molecule has 0 bridgehead atoms. The van der Waals surface area contributed by atoms with Crippen LogP contribution in [0.4, 0.5) is 5.69 Å². The van der Waals surface area contributed by atoms with Gasteiger partial charge in [0.15, 0.2) is 0 Å². The highest BCUT2D eigenvalue weighted by Crippen LogP contribution is 2.45. The maximum absolute atomic E-state index is 5.65. The first kappa shape index (κ1) is 16.6. The summed E-state index contributed by atoms with van der Waals surface area (Å²) in [5, 5.41) is 5.55. The number of ether oxygens (including phenoxy) is 1. The molecule has 0 unspecified atom stereocenters. The minimum atomic E-state index is 0.708. The molecule has 1 N–H and O–H groups in total. The first-order chi connectivity index (χ1) is 11.6. The van der Waals surface area contributed by atoms with Gasteiger partial charge in [-0.3, -0.25) is 0 Å². The molecular weight excluding hydrogens is 314 g/mol. The predicted molar refractivity (Wildman–Crippen MR) is 106 cm³/mol. The lowest BCUT2D eigenvalue weighted by atomic mass is 9.91. The van der Waals surface area contributed by atoms with Crippen molar-refractivity contribution < 1.29 is 4.74 Å². The Balaban J connectivity index is 1.95. The van der Waals surface area contributed by atoms with E-state index in [4.69, 9.17) is 4.74 Å². The van der Waals surface area contributed by atoms with E-state index in [0.29, 0.717) is 5.76 Å². The quantitative estimate of drug-likeness (QED) is 0.371. The molecule has 0 fully saturated rings. The number of hydrogen-bond donors (Lipinski definition) is 1. The van der Waals surface area contributed by atoms with Gasteiger partial charge >= 0.3 is 0 Å². The highest BCUT2D eigenvalue weighted by Gasteiger charge is 2.22. The van der Waals surface area contributed by atoms with Crippen molar-refractivity contribution in [3.8, 4) is 11.1 Å². The van der Waals surface area contributed by atoms with E-state index in [1.165, 1.54) is 27.1 Å². The largest absolute Gasteiger partial charge is 0.494 e. The normalized spacial score (nSPS) is 12.7. The Kier molecular flexibility index (Phi) is 4.91. The summed E-state index contributed by atoms with van der Waals surface area (Å²) in [6.07, 6.45) is 6.25. The minimum absolute atomic E-state index is 0.708. The molecule has 0 saturated heterocycles. The number of nitrogens with one attached hydrogen (secondary N) is 1. The van der Waals surface area contributed by atoms with E-state index in [-0.39, 0.29) is 0 Å². The lowest BCUT2D eigenvalue weighted by Crippen LogP contribution is -2.06. The zero-order chi connectivity index (χ0) is 17.1. The molecule has 0 saturated carbocycles. The molecule has 1 aliphatic heterocycles. The van der Waals surface area contributed by atoms with Crippen LogP contribution in [0.3, 0.4) is 0 Å². The molecule has 1 aromatic carbocycles. The van der Waals surface area contributed by atoms with Crippen LogP contribution in [0.5, 0.6) is 0 Å². The molecule has 0 amide bonds. The van der Waals surface area contributed by atoms with Gasteiger partial charge in [-0.1, -0.05) is 38.6 Å². The second-order valence-corrected chi connectivity index (χ2v) is 6.90. The van der Waals surface area contributed by atoms with Crippen LogP contribution in [0.25, 0.3) is 22.9 Å². The topological polar surface area (TPSA) is 21.3 Å². The lowest BCUT2D eigenvalue weighted by Gasteiger charge is -2.23. The Bertz CT molecular complexity index is 813. The van der Waals surface area contributed by atoms with Crippen molar-refractivity contribution in [1.82, 2.24) is 0 Å². The number of rotatable bonds is 6. The van der Waals surface area contributed by atoms with Gasteiger partial charge < -0.3 is 10.1 Å². The van der Waals surface area contributed by atoms with Crippen molar-refractivity contribution in [3.05, 3.63) is 64.6 Å². The van der Waals surface area contributed by atoms with Gasteiger partial charge in [0.25, 0.3) is 0 Å². The van der Waals surface area contributed by atoms with Crippen molar-refractivity contribution in [1.29, 1.82) is 0 Å². The molecule has 2 nitrogen and oxygen atoms in total. The number of aryl methyl sites for hydroxylation is 1. The molecule has 3 heteroatoms. The van der Waals surface area contributed by atoms with Crippen molar-refractivity contribution in [3.63, 3.8) is 0 Å². The van der Waals surface area contributed by atoms with E-state index in [0.717, 1.165) is 30.8 Å². The number of anilines is 1. The minimum Gasteiger partial charge on any atom is -0.494 e. The number of unbranched alkanes of at least 4 members (excludes halogenated alkanes) is 1. The highest BCUT2D eigenvalue weighted by molar-refractivity contribution is 7.11. The molecule has 3 rings (SSSR count). The van der Waals surface area contributed by atoms with Crippen molar-refractivity contribution >= 4 is 28.8 Å². The van der Waals surface area contributed by atoms with Gasteiger partial charge in [-0.15, -0.1) is 11.3 Å². The average molecular weight is 337 g/mol. The van der Waals surface area contributed by atoms with Gasteiger partial charge in [0.1, 0.15) is 5.76 Å². The SMILES string of the molecule is C=C(/C=C/c1c(C)ccc2c1-c1ccsc1C(=C)N2)OCCCC. The third-order valence-electron chi connectivity index (χ3n) is 4.18. The van der Waals surface area contributed by atoms with Gasteiger partial charge in [0.2, 0.25) is 0 Å². The zero-order valence-corrected chi connectivity index (χ0v) is 15.1. The van der Waals surface area contributed by atoms with Gasteiger partial charge in [-0.2, -0.15) is 0 Å². The fourth-order valence-electron chi connectivity index (χ4n) is 2.86. The molecule has 0 aliphatic carbocycles. The number of fused-ring (bicyclic) bond motifs is 3. The fourth-order valence-corrected chi connectivity index (χ4v) is 3.69. The van der Waals surface area contributed by atoms with Gasteiger partial charge in [-0.05, 0) is 48.1 Å². The van der Waals surface area contributed by atoms with Crippen LogP contribution in [0, 0.1) is 6.92 Å².